The average Bonchev–Trinajstić information content (AvgIpc) is 3.09. The molecule has 1 aliphatic rings. The smallest absolute Gasteiger partial charge is 0.0809 e. The lowest BCUT2D eigenvalue weighted by atomic mass is 10.2. The molecule has 0 amide bonds. The van der Waals surface area contributed by atoms with E-state index >= 15 is 0 Å². The largest absolute Gasteiger partial charge is 0.394 e. The van der Waals surface area contributed by atoms with Crippen molar-refractivity contribution in [3.63, 3.8) is 0 Å². The van der Waals surface area contributed by atoms with E-state index in [-0.39, 0.29) is 24.9 Å². The fourth-order valence-electron chi connectivity index (χ4n) is 2.23. The first-order valence-corrected chi connectivity index (χ1v) is 8.91. The molecule has 24 heavy (non-hydrogen) atoms. The van der Waals surface area contributed by atoms with Crippen molar-refractivity contribution < 1.29 is 33.5 Å². The lowest BCUT2D eigenvalue weighted by Gasteiger charge is -2.18. The maximum atomic E-state index is 8.54. The fraction of sp³-hybridized carbons (Fsp3) is 1.00. The molecule has 3 unspecified atom stereocenters. The van der Waals surface area contributed by atoms with Crippen molar-refractivity contribution in [2.75, 3.05) is 66.1 Å². The third-order valence-electron chi connectivity index (χ3n) is 3.53. The quantitative estimate of drug-likeness (QED) is 0.417. The molecule has 0 radical (unpaired) electrons. The minimum absolute atomic E-state index is 0.0138. The Morgan fingerprint density at radius 3 is 2.33 bits per heavy atom. The zero-order chi connectivity index (χ0) is 17.5. The van der Waals surface area contributed by atoms with Crippen LogP contribution in [0.4, 0.5) is 0 Å². The zero-order valence-electron chi connectivity index (χ0n) is 15.1. The maximum absolute atomic E-state index is 8.54. The van der Waals surface area contributed by atoms with Crippen LogP contribution in [-0.2, 0) is 28.4 Å². The Hall–Kier alpha value is -0.280. The highest BCUT2D eigenvalue weighted by Crippen LogP contribution is 2.12. The lowest BCUT2D eigenvalue weighted by Crippen LogP contribution is -2.26. The Morgan fingerprint density at radius 2 is 1.62 bits per heavy atom. The predicted molar refractivity (Wildman–Crippen MR) is 89.3 cm³/mol. The summed E-state index contributed by atoms with van der Waals surface area (Å²) in [6, 6.07) is 0. The van der Waals surface area contributed by atoms with Gasteiger partial charge in [0.05, 0.1) is 77.8 Å². The molecule has 144 valence electrons. The second-order valence-corrected chi connectivity index (χ2v) is 5.95. The minimum atomic E-state index is 0.0138. The fourth-order valence-corrected chi connectivity index (χ4v) is 2.23. The average molecular weight is 350 g/mol. The van der Waals surface area contributed by atoms with Gasteiger partial charge in [-0.3, -0.25) is 0 Å². The van der Waals surface area contributed by atoms with Crippen molar-refractivity contribution in [1.82, 2.24) is 0 Å². The van der Waals surface area contributed by atoms with Gasteiger partial charge in [-0.05, 0) is 26.7 Å². The molecule has 1 rings (SSSR count). The molecule has 0 aromatic rings. The van der Waals surface area contributed by atoms with Crippen molar-refractivity contribution in [2.45, 2.75) is 45.0 Å². The summed E-state index contributed by atoms with van der Waals surface area (Å²) in [5.74, 6) is 0. The van der Waals surface area contributed by atoms with Gasteiger partial charge in [0.15, 0.2) is 0 Å². The van der Waals surface area contributed by atoms with Gasteiger partial charge < -0.3 is 33.5 Å². The third-order valence-corrected chi connectivity index (χ3v) is 3.53. The van der Waals surface area contributed by atoms with Crippen molar-refractivity contribution in [1.29, 1.82) is 0 Å². The van der Waals surface area contributed by atoms with Gasteiger partial charge in [-0.2, -0.15) is 0 Å². The summed E-state index contributed by atoms with van der Waals surface area (Å²) in [5, 5.41) is 8.54. The molecule has 0 saturated carbocycles. The number of rotatable bonds is 16. The molecule has 7 heteroatoms. The van der Waals surface area contributed by atoms with E-state index in [2.05, 4.69) is 0 Å². The Labute approximate surface area is 145 Å². The lowest BCUT2D eigenvalue weighted by molar-refractivity contribution is -0.0758. The van der Waals surface area contributed by atoms with Crippen LogP contribution >= 0.6 is 0 Å². The van der Waals surface area contributed by atoms with Crippen LogP contribution in [0.5, 0.6) is 0 Å². The van der Waals surface area contributed by atoms with Gasteiger partial charge in [0.1, 0.15) is 0 Å². The minimum Gasteiger partial charge on any atom is -0.394 e. The molecule has 1 N–H and O–H groups in total. The molecule has 0 bridgehead atoms. The van der Waals surface area contributed by atoms with E-state index in [1.807, 2.05) is 13.8 Å². The van der Waals surface area contributed by atoms with Gasteiger partial charge in [0.2, 0.25) is 0 Å². The van der Waals surface area contributed by atoms with E-state index in [4.69, 9.17) is 33.5 Å². The first-order valence-electron chi connectivity index (χ1n) is 8.91. The number of aliphatic hydroxyl groups is 1. The first-order chi connectivity index (χ1) is 11.7. The van der Waals surface area contributed by atoms with Crippen LogP contribution in [-0.4, -0.2) is 89.5 Å². The van der Waals surface area contributed by atoms with Gasteiger partial charge in [0.25, 0.3) is 0 Å². The summed E-state index contributed by atoms with van der Waals surface area (Å²) in [4.78, 5) is 0. The molecule has 1 heterocycles. The Morgan fingerprint density at radius 1 is 0.917 bits per heavy atom. The molecule has 3 atom stereocenters. The van der Waals surface area contributed by atoms with E-state index in [0.29, 0.717) is 52.9 Å². The van der Waals surface area contributed by atoms with Crippen LogP contribution in [0, 0.1) is 0 Å². The van der Waals surface area contributed by atoms with Gasteiger partial charge >= 0.3 is 0 Å². The van der Waals surface area contributed by atoms with Crippen molar-refractivity contribution >= 4 is 0 Å². The molecular weight excluding hydrogens is 316 g/mol. The summed E-state index contributed by atoms with van der Waals surface area (Å²) >= 11 is 0. The molecule has 1 aliphatic heterocycles. The van der Waals surface area contributed by atoms with Crippen molar-refractivity contribution in [3.05, 3.63) is 0 Å². The molecule has 0 aliphatic carbocycles. The predicted octanol–water partition coefficient (Wildman–Crippen LogP) is 1.02. The normalized spacial score (nSPS) is 20.4. The second kappa shape index (κ2) is 15.0. The van der Waals surface area contributed by atoms with Crippen LogP contribution in [0.3, 0.4) is 0 Å². The Bertz CT molecular complexity index is 272. The number of hydrogen-bond donors (Lipinski definition) is 1. The summed E-state index contributed by atoms with van der Waals surface area (Å²) in [6.07, 6.45) is 2.54. The highest BCUT2D eigenvalue weighted by atomic mass is 16.6. The molecule has 1 fully saturated rings. The first kappa shape index (κ1) is 21.8. The molecule has 0 aromatic heterocycles. The molecule has 0 spiro atoms. The summed E-state index contributed by atoms with van der Waals surface area (Å²) < 4.78 is 32.9. The zero-order valence-corrected chi connectivity index (χ0v) is 15.1. The second-order valence-electron chi connectivity index (χ2n) is 5.95. The van der Waals surface area contributed by atoms with E-state index < -0.39 is 0 Å². The maximum Gasteiger partial charge on any atom is 0.0809 e. The standard InChI is InChI=1S/C17H34O7/c1-15(12-21-14-17-4-3-6-23-17)24-13-16(2)22-11-10-20-9-8-19-7-5-18/h15-18H,3-14H2,1-2H3. The number of hydrogen-bond acceptors (Lipinski definition) is 7. The molecule has 1 saturated heterocycles. The number of ether oxygens (including phenoxy) is 6. The van der Waals surface area contributed by atoms with Gasteiger partial charge in [-0.15, -0.1) is 0 Å². The van der Waals surface area contributed by atoms with Crippen LogP contribution < -0.4 is 0 Å². The topological polar surface area (TPSA) is 75.6 Å². The monoisotopic (exact) mass is 350 g/mol. The van der Waals surface area contributed by atoms with Crippen LogP contribution in [0.15, 0.2) is 0 Å². The number of aliphatic hydroxyl groups excluding tert-OH is 1. The van der Waals surface area contributed by atoms with Crippen molar-refractivity contribution in [3.8, 4) is 0 Å². The van der Waals surface area contributed by atoms with Gasteiger partial charge in [-0.1, -0.05) is 0 Å². The summed E-state index contributed by atoms with van der Waals surface area (Å²) in [6.45, 7) is 9.02. The van der Waals surface area contributed by atoms with Gasteiger partial charge in [0, 0.05) is 6.61 Å². The third kappa shape index (κ3) is 12.1. The van der Waals surface area contributed by atoms with E-state index in [0.717, 1.165) is 19.4 Å². The van der Waals surface area contributed by atoms with Crippen LogP contribution in [0.25, 0.3) is 0 Å². The van der Waals surface area contributed by atoms with Gasteiger partial charge in [-0.25, -0.2) is 0 Å². The molecular formula is C17H34O7. The van der Waals surface area contributed by atoms with Crippen molar-refractivity contribution in [2.24, 2.45) is 0 Å². The van der Waals surface area contributed by atoms with Crippen LogP contribution in [0.2, 0.25) is 0 Å². The molecule has 0 aromatic carbocycles. The van der Waals surface area contributed by atoms with E-state index in [1.165, 1.54) is 0 Å². The van der Waals surface area contributed by atoms with Crippen LogP contribution in [0.1, 0.15) is 26.7 Å². The SMILES string of the molecule is CC(COCC1CCCO1)OCC(C)OCCOCCOCCO. The van der Waals surface area contributed by atoms with E-state index in [1.54, 1.807) is 0 Å². The highest BCUT2D eigenvalue weighted by molar-refractivity contribution is 4.63. The Kier molecular flexibility index (Phi) is 13.6. The highest BCUT2D eigenvalue weighted by Gasteiger charge is 2.16. The molecule has 7 nitrogen and oxygen atoms in total. The van der Waals surface area contributed by atoms with E-state index in [9.17, 15) is 0 Å². The summed E-state index contributed by atoms with van der Waals surface area (Å²) in [5.41, 5.74) is 0. The summed E-state index contributed by atoms with van der Waals surface area (Å²) in [7, 11) is 0. The Balaban J connectivity index is 1.84.